The first-order chi connectivity index (χ1) is 17.9. The Morgan fingerprint density at radius 1 is 0.838 bits per heavy atom. The Labute approximate surface area is 218 Å². The Bertz CT molecular complexity index is 1080. The van der Waals surface area contributed by atoms with Gasteiger partial charge < -0.3 is 19.1 Å². The summed E-state index contributed by atoms with van der Waals surface area (Å²) in [7, 11) is 3.33. The number of morpholine rings is 1. The number of ether oxygens (including phenoxy) is 3. The van der Waals surface area contributed by atoms with Crippen LogP contribution >= 0.6 is 0 Å². The van der Waals surface area contributed by atoms with Crippen molar-refractivity contribution in [1.29, 1.82) is 0 Å². The molecule has 0 aliphatic carbocycles. The first-order valence-corrected chi connectivity index (χ1v) is 12.3. The molecule has 2 aromatic rings. The number of hydrogen-bond acceptors (Lipinski definition) is 7. The van der Waals surface area contributed by atoms with Crippen molar-refractivity contribution in [2.24, 2.45) is 0 Å². The summed E-state index contributed by atoms with van der Waals surface area (Å²) in [5.74, 6) is 0.657. The second-order valence-electron chi connectivity index (χ2n) is 8.79. The molecule has 0 N–H and O–H groups in total. The van der Waals surface area contributed by atoms with Crippen molar-refractivity contribution in [3.8, 4) is 11.5 Å². The number of ketones is 2. The minimum Gasteiger partial charge on any atom is -0.492 e. The second-order valence-corrected chi connectivity index (χ2v) is 8.79. The average Bonchev–Trinajstić information content (AvgIpc) is 2.91. The summed E-state index contributed by atoms with van der Waals surface area (Å²) in [4.78, 5) is 39.7. The van der Waals surface area contributed by atoms with Gasteiger partial charge in [0.25, 0.3) is 5.91 Å². The Morgan fingerprint density at radius 3 is 1.86 bits per heavy atom. The van der Waals surface area contributed by atoms with Gasteiger partial charge in [0.2, 0.25) is 0 Å². The molecule has 0 radical (unpaired) electrons. The lowest BCUT2D eigenvalue weighted by Gasteiger charge is -2.26. The third-order valence-corrected chi connectivity index (χ3v) is 5.67. The maximum absolute atomic E-state index is 12.2. The van der Waals surface area contributed by atoms with Crippen molar-refractivity contribution in [2.75, 3.05) is 60.2 Å². The molecule has 2 aromatic carbocycles. The van der Waals surface area contributed by atoms with Gasteiger partial charge in [-0.1, -0.05) is 36.4 Å². The molecule has 8 heteroatoms. The first kappa shape index (κ1) is 27.8. The summed E-state index contributed by atoms with van der Waals surface area (Å²) in [5.41, 5.74) is 1.64. The summed E-state index contributed by atoms with van der Waals surface area (Å²) in [6.45, 7) is 4.85. The lowest BCUT2D eigenvalue weighted by Crippen LogP contribution is -2.38. The van der Waals surface area contributed by atoms with Crippen LogP contribution in [0.1, 0.15) is 17.5 Å². The summed E-state index contributed by atoms with van der Waals surface area (Å²) in [6, 6.07) is 14.5. The monoisotopic (exact) mass is 506 g/mol. The van der Waals surface area contributed by atoms with Crippen LogP contribution in [0.3, 0.4) is 0 Å². The van der Waals surface area contributed by atoms with E-state index in [4.69, 9.17) is 14.2 Å². The fourth-order valence-electron chi connectivity index (χ4n) is 3.41. The lowest BCUT2D eigenvalue weighted by atomic mass is 10.1. The molecule has 0 atom stereocenters. The molecule has 37 heavy (non-hydrogen) atoms. The molecule has 1 saturated heterocycles. The lowest BCUT2D eigenvalue weighted by molar-refractivity contribution is -0.130. The quantitative estimate of drug-likeness (QED) is 0.305. The fourth-order valence-corrected chi connectivity index (χ4v) is 3.41. The molecule has 1 aliphatic rings. The van der Waals surface area contributed by atoms with Crippen molar-refractivity contribution in [2.45, 2.75) is 6.42 Å². The molecule has 0 spiro atoms. The van der Waals surface area contributed by atoms with Gasteiger partial charge in [-0.15, -0.1) is 0 Å². The van der Waals surface area contributed by atoms with E-state index < -0.39 is 0 Å². The van der Waals surface area contributed by atoms with Crippen LogP contribution in [-0.2, 0) is 19.1 Å². The highest BCUT2D eigenvalue weighted by atomic mass is 16.5. The summed E-state index contributed by atoms with van der Waals surface area (Å²) in [5, 5.41) is 0. The Balaban J connectivity index is 1.38. The van der Waals surface area contributed by atoms with Crippen molar-refractivity contribution in [3.05, 3.63) is 71.8 Å². The van der Waals surface area contributed by atoms with Gasteiger partial charge in [0, 0.05) is 33.7 Å². The normalized spacial score (nSPS) is 14.1. The van der Waals surface area contributed by atoms with E-state index in [1.165, 1.54) is 17.1 Å². The van der Waals surface area contributed by atoms with Crippen molar-refractivity contribution in [3.63, 3.8) is 0 Å². The van der Waals surface area contributed by atoms with Gasteiger partial charge in [-0.2, -0.15) is 0 Å². The smallest absolute Gasteiger partial charge is 0.259 e. The number of benzene rings is 2. The minimum atomic E-state index is -0.282. The summed E-state index contributed by atoms with van der Waals surface area (Å²) >= 11 is 0. The van der Waals surface area contributed by atoms with Crippen LogP contribution in [0.2, 0.25) is 0 Å². The van der Waals surface area contributed by atoms with Gasteiger partial charge in [-0.3, -0.25) is 19.3 Å². The minimum absolute atomic E-state index is 0.0381. The number of rotatable bonds is 13. The molecule has 3 rings (SSSR count). The fraction of sp³-hybridized carbons (Fsp3) is 0.345. The molecule has 0 aromatic heterocycles. The number of amides is 1. The van der Waals surface area contributed by atoms with E-state index in [1.54, 1.807) is 50.5 Å². The Morgan fingerprint density at radius 2 is 1.35 bits per heavy atom. The highest BCUT2D eigenvalue weighted by molar-refractivity contribution is 6.10. The van der Waals surface area contributed by atoms with Crippen LogP contribution in [-0.4, -0.2) is 87.4 Å². The van der Waals surface area contributed by atoms with E-state index >= 15 is 0 Å². The Kier molecular flexibility index (Phi) is 11.1. The molecular formula is C29H34N2O6. The summed E-state index contributed by atoms with van der Waals surface area (Å²) < 4.78 is 16.6. The van der Waals surface area contributed by atoms with E-state index in [0.29, 0.717) is 12.4 Å². The maximum Gasteiger partial charge on any atom is 0.259 e. The van der Waals surface area contributed by atoms with E-state index in [0.717, 1.165) is 49.7 Å². The van der Waals surface area contributed by atoms with Crippen molar-refractivity contribution < 1.29 is 28.6 Å². The molecule has 0 unspecified atom stereocenters. The van der Waals surface area contributed by atoms with Crippen LogP contribution in [0.4, 0.5) is 0 Å². The third-order valence-electron chi connectivity index (χ3n) is 5.67. The van der Waals surface area contributed by atoms with Crippen molar-refractivity contribution >= 4 is 29.6 Å². The predicted octanol–water partition coefficient (Wildman–Crippen LogP) is 3.12. The molecule has 0 saturated carbocycles. The molecule has 0 bridgehead atoms. The standard InChI is InChI=1S/C29H34N2O6/c1-30(2)29(34)22-37-28-13-7-24(8-14-28)4-10-26(33)21-25(32)9-3-23-5-11-27(12-6-23)36-20-17-31-15-18-35-19-16-31/h3-14H,15-22H2,1-2H3. The molecular weight excluding hydrogens is 472 g/mol. The van der Waals surface area contributed by atoms with Crippen LogP contribution in [0.15, 0.2) is 60.7 Å². The number of hydrogen-bond donors (Lipinski definition) is 0. The zero-order valence-corrected chi connectivity index (χ0v) is 21.4. The predicted molar refractivity (Wildman–Crippen MR) is 143 cm³/mol. The van der Waals surface area contributed by atoms with E-state index in [-0.39, 0.29) is 30.5 Å². The van der Waals surface area contributed by atoms with Gasteiger partial charge in [0.1, 0.15) is 18.1 Å². The number of likely N-dealkylation sites (N-methyl/N-ethyl adjacent to an activating group) is 1. The van der Waals surface area contributed by atoms with Gasteiger partial charge in [-0.05, 0) is 47.5 Å². The molecule has 1 heterocycles. The van der Waals surface area contributed by atoms with Gasteiger partial charge >= 0.3 is 0 Å². The summed E-state index contributed by atoms with van der Waals surface area (Å²) in [6.07, 6.45) is 5.94. The third kappa shape index (κ3) is 10.4. The number of allylic oxidation sites excluding steroid dienone is 2. The Hall–Kier alpha value is -3.75. The highest BCUT2D eigenvalue weighted by Gasteiger charge is 2.10. The highest BCUT2D eigenvalue weighted by Crippen LogP contribution is 2.15. The molecule has 1 fully saturated rings. The van der Waals surface area contributed by atoms with Gasteiger partial charge in [-0.25, -0.2) is 0 Å². The first-order valence-electron chi connectivity index (χ1n) is 12.3. The molecule has 196 valence electrons. The van der Waals surface area contributed by atoms with Crippen LogP contribution in [0.25, 0.3) is 12.2 Å². The number of carbonyl (C=O) groups excluding carboxylic acids is 3. The van der Waals surface area contributed by atoms with Crippen LogP contribution in [0.5, 0.6) is 11.5 Å². The molecule has 1 aliphatic heterocycles. The molecule has 1 amide bonds. The van der Waals surface area contributed by atoms with Gasteiger partial charge in [0.05, 0.1) is 19.6 Å². The molecule has 8 nitrogen and oxygen atoms in total. The maximum atomic E-state index is 12.2. The largest absolute Gasteiger partial charge is 0.492 e. The average molecular weight is 507 g/mol. The van der Waals surface area contributed by atoms with E-state index in [2.05, 4.69) is 4.90 Å². The van der Waals surface area contributed by atoms with Crippen molar-refractivity contribution in [1.82, 2.24) is 9.80 Å². The number of nitrogens with zero attached hydrogens (tertiary/aromatic N) is 2. The second kappa shape index (κ2) is 14.7. The van der Waals surface area contributed by atoms with E-state index in [1.807, 2.05) is 24.3 Å². The van der Waals surface area contributed by atoms with Gasteiger partial charge in [0.15, 0.2) is 18.2 Å². The van der Waals surface area contributed by atoms with Crippen LogP contribution < -0.4 is 9.47 Å². The zero-order chi connectivity index (χ0) is 26.5. The van der Waals surface area contributed by atoms with Crippen LogP contribution in [0, 0.1) is 0 Å². The zero-order valence-electron chi connectivity index (χ0n) is 21.4. The SMILES string of the molecule is CN(C)C(=O)COc1ccc(C=CC(=O)CC(=O)C=Cc2ccc(OCCN3CCOCC3)cc2)cc1. The topological polar surface area (TPSA) is 85.4 Å². The number of carbonyl (C=O) groups is 3. The van der Waals surface area contributed by atoms with E-state index in [9.17, 15) is 14.4 Å².